The van der Waals surface area contributed by atoms with E-state index < -0.39 is 0 Å². The largest absolute Gasteiger partial charge is 0.353 e. The third-order valence-corrected chi connectivity index (χ3v) is 4.10. The molecule has 21 heavy (non-hydrogen) atoms. The zero-order valence-electron chi connectivity index (χ0n) is 13.5. The highest BCUT2D eigenvalue weighted by Gasteiger charge is 2.21. The van der Waals surface area contributed by atoms with Gasteiger partial charge in [-0.3, -0.25) is 9.69 Å². The van der Waals surface area contributed by atoms with Crippen molar-refractivity contribution in [2.75, 3.05) is 19.6 Å². The normalized spacial score (nSPS) is 17.3. The lowest BCUT2D eigenvalue weighted by Crippen LogP contribution is -2.43. The molecule has 5 heteroatoms. The Bertz CT molecular complexity index is 447. The van der Waals surface area contributed by atoms with Crippen molar-refractivity contribution >= 4 is 5.91 Å². The second-order valence-electron chi connectivity index (χ2n) is 6.29. The third-order valence-electron chi connectivity index (χ3n) is 4.10. The van der Waals surface area contributed by atoms with Crippen LogP contribution in [-0.2, 0) is 17.8 Å². The lowest BCUT2D eigenvalue weighted by atomic mass is 9.96. The minimum Gasteiger partial charge on any atom is -0.353 e. The number of likely N-dealkylation sites (tertiary alicyclic amines) is 1. The maximum absolute atomic E-state index is 11.8. The van der Waals surface area contributed by atoms with Crippen LogP contribution < -0.4 is 5.32 Å². The van der Waals surface area contributed by atoms with E-state index in [1.807, 2.05) is 20.0 Å². The summed E-state index contributed by atoms with van der Waals surface area (Å²) in [6, 6.07) is 0.226. The summed E-state index contributed by atoms with van der Waals surface area (Å²) in [4.78, 5) is 18.4. The molecule has 0 aliphatic carbocycles. The van der Waals surface area contributed by atoms with Crippen LogP contribution in [0.5, 0.6) is 0 Å². The number of aryl methyl sites for hydroxylation is 1. The number of amides is 1. The Kier molecular flexibility index (Phi) is 5.79. The molecule has 1 fully saturated rings. The molecule has 2 rings (SSSR count). The first-order valence-electron chi connectivity index (χ1n) is 8.10. The lowest BCUT2D eigenvalue weighted by Gasteiger charge is -2.32. The summed E-state index contributed by atoms with van der Waals surface area (Å²) >= 11 is 0. The molecule has 1 aromatic heterocycles. The molecule has 0 radical (unpaired) electrons. The number of nitrogens with zero attached hydrogens (tertiary/aromatic N) is 3. The van der Waals surface area contributed by atoms with Gasteiger partial charge >= 0.3 is 0 Å². The first kappa shape index (κ1) is 16.0. The molecule has 0 saturated carbocycles. The highest BCUT2D eigenvalue weighted by molar-refractivity contribution is 5.78. The highest BCUT2D eigenvalue weighted by atomic mass is 16.2. The van der Waals surface area contributed by atoms with E-state index in [1.54, 1.807) is 0 Å². The summed E-state index contributed by atoms with van der Waals surface area (Å²) in [6.45, 7) is 9.79. The molecule has 0 spiro atoms. The number of hydrogen-bond acceptors (Lipinski definition) is 3. The van der Waals surface area contributed by atoms with Crippen LogP contribution in [0.1, 0.15) is 39.4 Å². The Hall–Kier alpha value is -1.36. The van der Waals surface area contributed by atoms with E-state index in [2.05, 4.69) is 32.9 Å². The monoisotopic (exact) mass is 292 g/mol. The summed E-state index contributed by atoms with van der Waals surface area (Å²) in [5.74, 6) is 2.02. The standard InChI is InChI=1S/C16H28N4O/c1-4-15-17-7-10-20(15)11-14-5-8-19(9-6-14)12-16(21)18-13(2)3/h7,10,13-14H,4-6,8-9,11-12H2,1-3H3,(H,18,21). The van der Waals surface area contributed by atoms with Crippen molar-refractivity contribution < 1.29 is 4.79 Å². The average Bonchev–Trinajstić information content (AvgIpc) is 2.87. The van der Waals surface area contributed by atoms with Gasteiger partial charge in [0, 0.05) is 31.4 Å². The van der Waals surface area contributed by atoms with E-state index in [1.165, 1.54) is 5.82 Å². The van der Waals surface area contributed by atoms with Crippen molar-refractivity contribution in [3.05, 3.63) is 18.2 Å². The number of carbonyl (C=O) groups excluding carboxylic acids is 1. The minimum atomic E-state index is 0.145. The number of hydrogen-bond donors (Lipinski definition) is 1. The van der Waals surface area contributed by atoms with Crippen LogP contribution in [0.25, 0.3) is 0 Å². The maximum Gasteiger partial charge on any atom is 0.234 e. The number of rotatable bonds is 6. The minimum absolute atomic E-state index is 0.145. The Morgan fingerprint density at radius 3 is 2.76 bits per heavy atom. The van der Waals surface area contributed by atoms with Crippen molar-refractivity contribution in [2.45, 2.75) is 52.6 Å². The molecule has 0 atom stereocenters. The van der Waals surface area contributed by atoms with Gasteiger partial charge in [0.05, 0.1) is 6.54 Å². The zero-order chi connectivity index (χ0) is 15.2. The second-order valence-corrected chi connectivity index (χ2v) is 6.29. The first-order chi connectivity index (χ1) is 10.1. The molecule has 1 aliphatic rings. The number of aromatic nitrogens is 2. The molecule has 2 heterocycles. The third kappa shape index (κ3) is 4.84. The van der Waals surface area contributed by atoms with Crippen LogP contribution in [0.2, 0.25) is 0 Å². The average molecular weight is 292 g/mol. The molecule has 1 saturated heterocycles. The van der Waals surface area contributed by atoms with E-state index in [0.717, 1.165) is 38.9 Å². The van der Waals surface area contributed by atoms with Gasteiger partial charge in [-0.05, 0) is 45.7 Å². The van der Waals surface area contributed by atoms with Gasteiger partial charge in [-0.2, -0.15) is 0 Å². The Morgan fingerprint density at radius 1 is 1.43 bits per heavy atom. The quantitative estimate of drug-likeness (QED) is 0.868. The van der Waals surface area contributed by atoms with Crippen molar-refractivity contribution in [1.82, 2.24) is 19.8 Å². The SMILES string of the molecule is CCc1nccn1CC1CCN(CC(=O)NC(C)C)CC1. The number of carbonyl (C=O) groups is 1. The van der Waals surface area contributed by atoms with E-state index in [9.17, 15) is 4.79 Å². The molecular formula is C16H28N4O. The smallest absolute Gasteiger partial charge is 0.234 e. The van der Waals surface area contributed by atoms with Crippen LogP contribution in [-0.4, -0.2) is 46.0 Å². The fourth-order valence-electron chi connectivity index (χ4n) is 3.00. The molecular weight excluding hydrogens is 264 g/mol. The van der Waals surface area contributed by atoms with Gasteiger partial charge in [0.1, 0.15) is 5.82 Å². The van der Waals surface area contributed by atoms with E-state index in [-0.39, 0.29) is 11.9 Å². The molecule has 118 valence electrons. The van der Waals surface area contributed by atoms with Crippen LogP contribution in [0, 0.1) is 5.92 Å². The molecule has 1 aliphatic heterocycles. The Morgan fingerprint density at radius 2 is 2.14 bits per heavy atom. The van der Waals surface area contributed by atoms with E-state index in [4.69, 9.17) is 0 Å². The number of nitrogens with one attached hydrogen (secondary N) is 1. The van der Waals surface area contributed by atoms with Gasteiger partial charge in [0.15, 0.2) is 0 Å². The molecule has 0 aromatic carbocycles. The summed E-state index contributed by atoms with van der Waals surface area (Å²) in [5, 5.41) is 2.96. The van der Waals surface area contributed by atoms with Gasteiger partial charge in [0.25, 0.3) is 0 Å². The van der Waals surface area contributed by atoms with Crippen molar-refractivity contribution in [3.8, 4) is 0 Å². The zero-order valence-corrected chi connectivity index (χ0v) is 13.5. The topological polar surface area (TPSA) is 50.2 Å². The first-order valence-corrected chi connectivity index (χ1v) is 8.10. The van der Waals surface area contributed by atoms with Crippen LogP contribution in [0.15, 0.2) is 12.4 Å². The van der Waals surface area contributed by atoms with Gasteiger partial charge in [0.2, 0.25) is 5.91 Å². The van der Waals surface area contributed by atoms with E-state index in [0.29, 0.717) is 12.5 Å². The molecule has 0 bridgehead atoms. The van der Waals surface area contributed by atoms with Crippen LogP contribution in [0.3, 0.4) is 0 Å². The summed E-state index contributed by atoms with van der Waals surface area (Å²) in [5.41, 5.74) is 0. The van der Waals surface area contributed by atoms with Crippen molar-refractivity contribution in [3.63, 3.8) is 0 Å². The van der Waals surface area contributed by atoms with Crippen LogP contribution >= 0.6 is 0 Å². The van der Waals surface area contributed by atoms with Gasteiger partial charge < -0.3 is 9.88 Å². The predicted molar refractivity (Wildman–Crippen MR) is 84.0 cm³/mol. The number of imidazole rings is 1. The van der Waals surface area contributed by atoms with E-state index >= 15 is 0 Å². The molecule has 5 nitrogen and oxygen atoms in total. The maximum atomic E-state index is 11.8. The molecule has 1 amide bonds. The molecule has 1 aromatic rings. The highest BCUT2D eigenvalue weighted by Crippen LogP contribution is 2.19. The second kappa shape index (κ2) is 7.59. The van der Waals surface area contributed by atoms with Crippen LogP contribution in [0.4, 0.5) is 0 Å². The summed E-state index contributed by atoms with van der Waals surface area (Å²) in [6.07, 6.45) is 7.29. The van der Waals surface area contributed by atoms with Gasteiger partial charge in [-0.15, -0.1) is 0 Å². The fraction of sp³-hybridized carbons (Fsp3) is 0.750. The van der Waals surface area contributed by atoms with Gasteiger partial charge in [-0.25, -0.2) is 4.98 Å². The van der Waals surface area contributed by atoms with Crippen molar-refractivity contribution in [1.29, 1.82) is 0 Å². The van der Waals surface area contributed by atoms with Crippen molar-refractivity contribution in [2.24, 2.45) is 5.92 Å². The Labute approximate surface area is 127 Å². The number of piperidine rings is 1. The Balaban J connectivity index is 1.74. The van der Waals surface area contributed by atoms with Gasteiger partial charge in [-0.1, -0.05) is 6.92 Å². The predicted octanol–water partition coefficient (Wildman–Crippen LogP) is 1.68. The molecule has 0 unspecified atom stereocenters. The summed E-state index contributed by atoms with van der Waals surface area (Å²) in [7, 11) is 0. The summed E-state index contributed by atoms with van der Waals surface area (Å²) < 4.78 is 2.28. The lowest BCUT2D eigenvalue weighted by molar-refractivity contribution is -0.123. The fourth-order valence-corrected chi connectivity index (χ4v) is 3.00. The molecule has 1 N–H and O–H groups in total.